The van der Waals surface area contributed by atoms with Gasteiger partial charge < -0.3 is 28.8 Å². The first-order chi connectivity index (χ1) is 28.5. The number of hydrogen-bond donors (Lipinski definition) is 2. The Labute approximate surface area is 363 Å². The predicted molar refractivity (Wildman–Crippen MR) is 251 cm³/mol. The maximum atomic E-state index is 12.9. The highest BCUT2D eigenvalue weighted by molar-refractivity contribution is 7.45. The third-order valence-electron chi connectivity index (χ3n) is 9.86. The van der Waals surface area contributed by atoms with E-state index in [2.05, 4.69) is 92.1 Å². The lowest BCUT2D eigenvalue weighted by atomic mass is 10.0. The Kier molecular flexibility index (Phi) is 39.4. The van der Waals surface area contributed by atoms with Gasteiger partial charge in [-0.3, -0.25) is 9.36 Å². The van der Waals surface area contributed by atoms with Crippen LogP contribution in [0.5, 0.6) is 0 Å². The van der Waals surface area contributed by atoms with Crippen LogP contribution in [-0.2, 0) is 18.4 Å². The molecule has 0 bridgehead atoms. The first-order valence-corrected chi connectivity index (χ1v) is 24.9. The van der Waals surface area contributed by atoms with Gasteiger partial charge in [0.25, 0.3) is 7.82 Å². The number of carbonyl (C=O) groups excluding carboxylic acids is 1. The Bertz CT molecular complexity index is 1230. The van der Waals surface area contributed by atoms with Crippen molar-refractivity contribution in [2.45, 2.75) is 187 Å². The first-order valence-electron chi connectivity index (χ1n) is 23.4. The van der Waals surface area contributed by atoms with Gasteiger partial charge in [-0.25, -0.2) is 0 Å². The summed E-state index contributed by atoms with van der Waals surface area (Å²) in [5.74, 6) is -0.243. The molecule has 0 aromatic carbocycles. The fourth-order valence-corrected chi connectivity index (χ4v) is 6.88. The molecule has 2 N–H and O–H groups in total. The zero-order valence-corrected chi connectivity index (χ0v) is 39.3. The van der Waals surface area contributed by atoms with Crippen LogP contribution in [0.2, 0.25) is 0 Å². The minimum Gasteiger partial charge on any atom is -0.756 e. The van der Waals surface area contributed by atoms with Gasteiger partial charge in [0.15, 0.2) is 0 Å². The second-order valence-electron chi connectivity index (χ2n) is 16.7. The van der Waals surface area contributed by atoms with Crippen LogP contribution in [0, 0.1) is 0 Å². The number of carbonyl (C=O) groups is 1. The highest BCUT2D eigenvalue weighted by Gasteiger charge is 2.23. The van der Waals surface area contributed by atoms with E-state index in [0.29, 0.717) is 17.4 Å². The second-order valence-corrected chi connectivity index (χ2v) is 18.1. The number of hydrogen-bond acceptors (Lipinski definition) is 6. The Morgan fingerprint density at radius 2 is 1.03 bits per heavy atom. The molecule has 0 heterocycles. The van der Waals surface area contributed by atoms with Crippen LogP contribution >= 0.6 is 7.82 Å². The first kappa shape index (κ1) is 56.7. The SMILES string of the molecule is CC/C=C\C/C=C\C/C=C\C/C=C\C/C=C\C/C=C\CCCCC(=O)NC(COP(=O)([O-])OCC[N+](C)(C)C)C(O)/C=C/CCCCCCCCCCCCCCCC. The lowest BCUT2D eigenvalue weighted by Gasteiger charge is -2.29. The zero-order chi connectivity index (χ0) is 43.6. The molecule has 0 rings (SSSR count). The standard InChI is InChI=1S/C50H89N2O6P/c1-6-8-10-12-14-16-18-20-22-24-25-26-27-28-30-32-34-36-38-40-42-44-50(54)51-48(47-58-59(55,56)57-46-45-52(3,4)5)49(53)43-41-39-37-35-33-31-29-23-21-19-17-15-13-11-9-7-2/h8,10,14,16,20,22,25-26,28,30,34,36,41,43,48-49,53H,6-7,9,11-13,15,17-19,21,23-24,27,29,31-33,35,37-40,42,44-47H2,1-5H3,(H-,51,54,55,56)/b10-8-,16-14-,22-20-,26-25-,30-28-,36-34-,43-41+. The van der Waals surface area contributed by atoms with E-state index < -0.39 is 26.6 Å². The minimum atomic E-state index is -4.61. The molecule has 0 aromatic heterocycles. The molecule has 1 amide bonds. The number of phosphoric acid groups is 1. The van der Waals surface area contributed by atoms with Crippen LogP contribution in [0.15, 0.2) is 85.1 Å². The average molecular weight is 845 g/mol. The van der Waals surface area contributed by atoms with Crippen molar-refractivity contribution in [3.05, 3.63) is 85.1 Å². The van der Waals surface area contributed by atoms with Gasteiger partial charge in [-0.15, -0.1) is 0 Å². The lowest BCUT2D eigenvalue weighted by molar-refractivity contribution is -0.870. The molecule has 3 unspecified atom stereocenters. The fourth-order valence-electron chi connectivity index (χ4n) is 6.15. The summed E-state index contributed by atoms with van der Waals surface area (Å²) in [6.07, 6.45) is 56.3. The highest BCUT2D eigenvalue weighted by atomic mass is 31.2. The number of aliphatic hydroxyl groups excluding tert-OH is 1. The minimum absolute atomic E-state index is 0.0142. The van der Waals surface area contributed by atoms with E-state index in [1.54, 1.807) is 6.08 Å². The van der Waals surface area contributed by atoms with Crippen LogP contribution in [0.1, 0.15) is 174 Å². The van der Waals surface area contributed by atoms with Crippen LogP contribution in [0.25, 0.3) is 0 Å². The molecule has 0 aliphatic carbocycles. The van der Waals surface area contributed by atoms with E-state index in [4.69, 9.17) is 9.05 Å². The predicted octanol–water partition coefficient (Wildman–Crippen LogP) is 12.7. The maximum absolute atomic E-state index is 12.9. The van der Waals surface area contributed by atoms with Crippen molar-refractivity contribution in [2.75, 3.05) is 40.9 Å². The summed E-state index contributed by atoms with van der Waals surface area (Å²) in [6.45, 7) is 4.48. The summed E-state index contributed by atoms with van der Waals surface area (Å²) in [5.41, 5.74) is 0. The molecule has 340 valence electrons. The molecule has 0 aliphatic heterocycles. The number of allylic oxidation sites excluding steroid dienone is 13. The molecule has 8 nitrogen and oxygen atoms in total. The molecule has 0 fully saturated rings. The van der Waals surface area contributed by atoms with Crippen LogP contribution in [0.4, 0.5) is 0 Å². The normalized spacial score (nSPS) is 15.0. The van der Waals surface area contributed by atoms with Gasteiger partial charge in [0.1, 0.15) is 13.2 Å². The third kappa shape index (κ3) is 43.6. The smallest absolute Gasteiger partial charge is 0.268 e. The van der Waals surface area contributed by atoms with E-state index in [1.807, 2.05) is 27.2 Å². The number of aliphatic hydroxyl groups is 1. The lowest BCUT2D eigenvalue weighted by Crippen LogP contribution is -2.45. The third-order valence-corrected chi connectivity index (χ3v) is 10.8. The van der Waals surface area contributed by atoms with Crippen molar-refractivity contribution in [3.63, 3.8) is 0 Å². The van der Waals surface area contributed by atoms with Crippen LogP contribution in [0.3, 0.4) is 0 Å². The summed E-state index contributed by atoms with van der Waals surface area (Å²) < 4.78 is 23.2. The van der Waals surface area contributed by atoms with Crippen molar-refractivity contribution < 1.29 is 32.9 Å². The van der Waals surface area contributed by atoms with E-state index in [-0.39, 0.29) is 18.9 Å². The molecule has 9 heteroatoms. The van der Waals surface area contributed by atoms with Gasteiger partial charge in [-0.05, 0) is 70.6 Å². The monoisotopic (exact) mass is 845 g/mol. The van der Waals surface area contributed by atoms with Gasteiger partial charge in [0.05, 0.1) is 39.9 Å². The molecule has 59 heavy (non-hydrogen) atoms. The van der Waals surface area contributed by atoms with E-state index >= 15 is 0 Å². The summed E-state index contributed by atoms with van der Waals surface area (Å²) >= 11 is 0. The van der Waals surface area contributed by atoms with Crippen molar-refractivity contribution >= 4 is 13.7 Å². The number of likely N-dealkylation sites (N-methyl/N-ethyl adjacent to an activating group) is 1. The Morgan fingerprint density at radius 3 is 1.51 bits per heavy atom. The average Bonchev–Trinajstić information content (AvgIpc) is 3.19. The molecular formula is C50H89N2O6P. The molecule has 0 aromatic rings. The van der Waals surface area contributed by atoms with Crippen LogP contribution in [-0.4, -0.2) is 68.5 Å². The Balaban J connectivity index is 4.50. The molecular weight excluding hydrogens is 756 g/mol. The topological polar surface area (TPSA) is 108 Å². The second kappa shape index (κ2) is 41.1. The number of amides is 1. The Hall–Kier alpha value is -2.32. The molecule has 0 spiro atoms. The van der Waals surface area contributed by atoms with Gasteiger partial charge in [-0.2, -0.15) is 0 Å². The summed E-state index contributed by atoms with van der Waals surface area (Å²) in [4.78, 5) is 25.3. The number of nitrogens with zero attached hydrogens (tertiary/aromatic N) is 1. The summed E-state index contributed by atoms with van der Waals surface area (Å²) in [6, 6.07) is -0.914. The molecule has 0 saturated carbocycles. The summed E-state index contributed by atoms with van der Waals surface area (Å²) in [5, 5.41) is 13.8. The van der Waals surface area contributed by atoms with E-state index in [9.17, 15) is 19.4 Å². The van der Waals surface area contributed by atoms with Gasteiger partial charge in [0, 0.05) is 6.42 Å². The molecule has 0 radical (unpaired) electrons. The number of unbranched alkanes of at least 4 members (excludes halogenated alkanes) is 16. The van der Waals surface area contributed by atoms with Crippen molar-refractivity contribution in [2.24, 2.45) is 0 Å². The maximum Gasteiger partial charge on any atom is 0.268 e. The van der Waals surface area contributed by atoms with Crippen LogP contribution < -0.4 is 10.2 Å². The fraction of sp³-hybridized carbons (Fsp3) is 0.700. The largest absolute Gasteiger partial charge is 0.756 e. The van der Waals surface area contributed by atoms with Gasteiger partial charge >= 0.3 is 0 Å². The number of quaternary nitrogens is 1. The van der Waals surface area contributed by atoms with Gasteiger partial charge in [0.2, 0.25) is 5.91 Å². The van der Waals surface area contributed by atoms with Crippen molar-refractivity contribution in [1.29, 1.82) is 0 Å². The number of rotatable bonds is 41. The summed E-state index contributed by atoms with van der Waals surface area (Å²) in [7, 11) is 1.22. The Morgan fingerprint density at radius 1 is 0.610 bits per heavy atom. The van der Waals surface area contributed by atoms with Gasteiger partial charge in [-0.1, -0.05) is 182 Å². The van der Waals surface area contributed by atoms with Crippen molar-refractivity contribution in [1.82, 2.24) is 5.32 Å². The highest BCUT2D eigenvalue weighted by Crippen LogP contribution is 2.38. The molecule has 0 saturated heterocycles. The quantitative estimate of drug-likeness (QED) is 0.0275. The molecule has 3 atom stereocenters. The number of phosphoric ester groups is 1. The van der Waals surface area contributed by atoms with E-state index in [0.717, 1.165) is 70.6 Å². The number of nitrogens with one attached hydrogen (secondary N) is 1. The zero-order valence-electron chi connectivity index (χ0n) is 38.4. The molecule has 0 aliphatic rings. The van der Waals surface area contributed by atoms with E-state index in [1.165, 1.54) is 77.0 Å². The van der Waals surface area contributed by atoms with Crippen molar-refractivity contribution in [3.8, 4) is 0 Å².